The summed E-state index contributed by atoms with van der Waals surface area (Å²) in [5, 5.41) is 0. The number of carbonyl (C=O) groups excluding carboxylic acids is 1. The van der Waals surface area contributed by atoms with Crippen molar-refractivity contribution in [2.45, 2.75) is 27.2 Å². The predicted molar refractivity (Wildman–Crippen MR) is 48.4 cm³/mol. The van der Waals surface area contributed by atoms with Crippen molar-refractivity contribution in [2.24, 2.45) is 0 Å². The van der Waals surface area contributed by atoms with Gasteiger partial charge in [0.05, 0.1) is 0 Å². The van der Waals surface area contributed by atoms with Crippen LogP contribution in [0.2, 0.25) is 0 Å². The summed E-state index contributed by atoms with van der Waals surface area (Å²) in [6.45, 7) is 5.56. The van der Waals surface area contributed by atoms with Crippen LogP contribution in [0, 0.1) is 6.92 Å². The van der Waals surface area contributed by atoms with E-state index in [0.29, 0.717) is 0 Å². The van der Waals surface area contributed by atoms with E-state index >= 15 is 0 Å². The Morgan fingerprint density at radius 2 is 2.25 bits per heavy atom. The Balaban J connectivity index is 3.12. The Kier molecular flexibility index (Phi) is 2.58. The molecule has 0 aromatic carbocycles. The third kappa shape index (κ3) is 1.70. The smallest absolute Gasteiger partial charge is 0.161 e. The van der Waals surface area contributed by atoms with Crippen molar-refractivity contribution < 1.29 is 4.79 Å². The minimum atomic E-state index is 0.0858. The van der Waals surface area contributed by atoms with Crippen LogP contribution in [0.1, 0.15) is 35.5 Å². The lowest BCUT2D eigenvalue weighted by atomic mass is 10.1. The van der Waals surface area contributed by atoms with E-state index in [9.17, 15) is 4.79 Å². The average Bonchev–Trinajstić information content (AvgIpc) is 2.03. The molecule has 2 heteroatoms. The molecular formula is C10H13NO. The van der Waals surface area contributed by atoms with Crippen molar-refractivity contribution in [2.75, 3.05) is 0 Å². The van der Waals surface area contributed by atoms with Crippen LogP contribution in [-0.2, 0) is 6.42 Å². The van der Waals surface area contributed by atoms with Crippen LogP contribution < -0.4 is 0 Å². The Morgan fingerprint density at radius 3 is 2.67 bits per heavy atom. The minimum absolute atomic E-state index is 0.0858. The zero-order valence-electron chi connectivity index (χ0n) is 7.72. The second-order valence-electron chi connectivity index (χ2n) is 2.90. The highest BCUT2D eigenvalue weighted by Gasteiger charge is 2.03. The summed E-state index contributed by atoms with van der Waals surface area (Å²) in [6.07, 6.45) is 2.58. The molecule has 0 N–H and O–H groups in total. The Bertz CT molecular complexity index is 305. The highest BCUT2D eigenvalue weighted by atomic mass is 16.1. The highest BCUT2D eigenvalue weighted by molar-refractivity contribution is 5.95. The lowest BCUT2D eigenvalue weighted by Crippen LogP contribution is -1.99. The van der Waals surface area contributed by atoms with Crippen molar-refractivity contribution in [3.8, 4) is 0 Å². The van der Waals surface area contributed by atoms with Crippen LogP contribution in [-0.4, -0.2) is 10.8 Å². The molecule has 0 saturated heterocycles. The number of nitrogens with zero attached hydrogens (tertiary/aromatic N) is 1. The predicted octanol–water partition coefficient (Wildman–Crippen LogP) is 2.16. The molecule has 0 fully saturated rings. The number of ketones is 1. The molecule has 0 aliphatic rings. The first-order valence-electron chi connectivity index (χ1n) is 4.11. The van der Waals surface area contributed by atoms with Crippen molar-refractivity contribution in [1.29, 1.82) is 0 Å². The van der Waals surface area contributed by atoms with Crippen molar-refractivity contribution in [1.82, 2.24) is 4.98 Å². The average molecular weight is 163 g/mol. The summed E-state index contributed by atoms with van der Waals surface area (Å²) in [7, 11) is 0. The first-order chi connectivity index (χ1) is 5.65. The number of pyridine rings is 1. The monoisotopic (exact) mass is 163 g/mol. The topological polar surface area (TPSA) is 30.0 Å². The minimum Gasteiger partial charge on any atom is -0.294 e. The molecule has 0 spiro atoms. The fraction of sp³-hybridized carbons (Fsp3) is 0.400. The van der Waals surface area contributed by atoms with Gasteiger partial charge in [-0.25, -0.2) is 0 Å². The van der Waals surface area contributed by atoms with Crippen LogP contribution in [0.4, 0.5) is 0 Å². The maximum Gasteiger partial charge on any atom is 0.161 e. The highest BCUT2D eigenvalue weighted by Crippen LogP contribution is 2.08. The van der Waals surface area contributed by atoms with Crippen molar-refractivity contribution >= 4 is 5.78 Å². The van der Waals surface area contributed by atoms with Gasteiger partial charge in [-0.15, -0.1) is 0 Å². The first-order valence-corrected chi connectivity index (χ1v) is 4.11. The molecule has 0 aliphatic carbocycles. The lowest BCUT2D eigenvalue weighted by Gasteiger charge is -2.02. The number of carbonyl (C=O) groups is 1. The van der Waals surface area contributed by atoms with Crippen LogP contribution in [0.5, 0.6) is 0 Å². The summed E-state index contributed by atoms with van der Waals surface area (Å²) in [5.74, 6) is 0.0858. The van der Waals surface area contributed by atoms with E-state index < -0.39 is 0 Å². The van der Waals surface area contributed by atoms with E-state index in [1.807, 2.05) is 13.0 Å². The molecule has 2 nitrogen and oxygen atoms in total. The molecule has 1 heterocycles. The first kappa shape index (κ1) is 8.91. The lowest BCUT2D eigenvalue weighted by molar-refractivity contribution is 0.101. The zero-order valence-corrected chi connectivity index (χ0v) is 7.72. The second-order valence-corrected chi connectivity index (χ2v) is 2.90. The maximum atomic E-state index is 11.0. The fourth-order valence-corrected chi connectivity index (χ4v) is 1.18. The molecule has 0 amide bonds. The molecule has 1 aromatic heterocycles. The molecule has 0 aliphatic heterocycles. The van der Waals surface area contributed by atoms with Gasteiger partial charge in [0.25, 0.3) is 0 Å². The van der Waals surface area contributed by atoms with E-state index in [0.717, 1.165) is 23.2 Å². The molecule has 1 rings (SSSR count). The fourth-order valence-electron chi connectivity index (χ4n) is 1.18. The van der Waals surface area contributed by atoms with E-state index in [1.54, 1.807) is 13.1 Å². The van der Waals surface area contributed by atoms with E-state index in [1.165, 1.54) is 0 Å². The van der Waals surface area contributed by atoms with Crippen LogP contribution in [0.15, 0.2) is 12.3 Å². The van der Waals surface area contributed by atoms with Gasteiger partial charge in [0.1, 0.15) is 0 Å². The number of Topliss-reactive ketones (excluding diaryl/α,β-unsaturated/α-hetero) is 1. The second kappa shape index (κ2) is 3.48. The maximum absolute atomic E-state index is 11.0. The third-order valence-corrected chi connectivity index (χ3v) is 1.91. The van der Waals surface area contributed by atoms with Gasteiger partial charge in [-0.2, -0.15) is 0 Å². The molecule has 0 atom stereocenters. The molecule has 12 heavy (non-hydrogen) atoms. The molecule has 64 valence electrons. The number of hydrogen-bond acceptors (Lipinski definition) is 2. The quantitative estimate of drug-likeness (QED) is 0.625. The third-order valence-electron chi connectivity index (χ3n) is 1.91. The normalized spacial score (nSPS) is 9.92. The molecular weight excluding hydrogens is 150 g/mol. The number of rotatable bonds is 2. The van der Waals surface area contributed by atoms with Gasteiger partial charge < -0.3 is 0 Å². The molecule has 0 radical (unpaired) electrons. The molecule has 0 saturated carbocycles. The SMILES string of the molecule is CCc1cc(C)c(C(C)=O)cn1. The molecule has 1 aromatic rings. The van der Waals surface area contributed by atoms with Crippen LogP contribution in [0.3, 0.4) is 0 Å². The van der Waals surface area contributed by atoms with E-state index in [4.69, 9.17) is 0 Å². The number of aromatic nitrogens is 1. The summed E-state index contributed by atoms with van der Waals surface area (Å²) < 4.78 is 0. The van der Waals surface area contributed by atoms with E-state index in [-0.39, 0.29) is 5.78 Å². The van der Waals surface area contributed by atoms with Crippen molar-refractivity contribution in [3.63, 3.8) is 0 Å². The summed E-state index contributed by atoms with van der Waals surface area (Å²) in [5.41, 5.74) is 2.79. The van der Waals surface area contributed by atoms with Gasteiger partial charge in [0.2, 0.25) is 0 Å². The van der Waals surface area contributed by atoms with Crippen LogP contribution >= 0.6 is 0 Å². The number of hydrogen-bond donors (Lipinski definition) is 0. The standard InChI is InChI=1S/C10H13NO/c1-4-9-5-7(2)10(6-11-9)8(3)12/h5-6H,4H2,1-3H3. The summed E-state index contributed by atoms with van der Waals surface area (Å²) in [4.78, 5) is 15.2. The zero-order chi connectivity index (χ0) is 9.14. The summed E-state index contributed by atoms with van der Waals surface area (Å²) >= 11 is 0. The van der Waals surface area contributed by atoms with Crippen LogP contribution in [0.25, 0.3) is 0 Å². The summed E-state index contributed by atoms with van der Waals surface area (Å²) in [6, 6.07) is 1.97. The van der Waals surface area contributed by atoms with Gasteiger partial charge >= 0.3 is 0 Å². The Morgan fingerprint density at radius 1 is 1.58 bits per heavy atom. The van der Waals surface area contributed by atoms with Gasteiger partial charge in [0, 0.05) is 17.5 Å². The van der Waals surface area contributed by atoms with Crippen molar-refractivity contribution in [3.05, 3.63) is 29.1 Å². The van der Waals surface area contributed by atoms with Gasteiger partial charge in [-0.05, 0) is 31.9 Å². The van der Waals surface area contributed by atoms with Gasteiger partial charge in [0.15, 0.2) is 5.78 Å². The van der Waals surface area contributed by atoms with E-state index in [2.05, 4.69) is 11.9 Å². The number of aryl methyl sites for hydroxylation is 2. The van der Waals surface area contributed by atoms with Gasteiger partial charge in [-0.1, -0.05) is 6.92 Å². The molecule has 0 unspecified atom stereocenters. The largest absolute Gasteiger partial charge is 0.294 e. The van der Waals surface area contributed by atoms with Gasteiger partial charge in [-0.3, -0.25) is 9.78 Å². The molecule has 0 bridgehead atoms. The Hall–Kier alpha value is -1.18. The Labute approximate surface area is 72.6 Å².